The molecule has 0 spiro atoms. The van der Waals surface area contributed by atoms with Gasteiger partial charge in [0.05, 0.1) is 13.0 Å². The maximum Gasteiger partial charge on any atom is 0.310 e. The first-order valence-corrected chi connectivity index (χ1v) is 6.43. The van der Waals surface area contributed by atoms with Gasteiger partial charge in [-0.25, -0.2) is 0 Å². The van der Waals surface area contributed by atoms with Crippen LogP contribution in [0.4, 0.5) is 0 Å². The summed E-state index contributed by atoms with van der Waals surface area (Å²) in [7, 11) is 1.41. The third-order valence-corrected chi connectivity index (χ3v) is 3.35. The minimum Gasteiger partial charge on any atom is -0.469 e. The molecule has 3 heteroatoms. The van der Waals surface area contributed by atoms with Crippen molar-refractivity contribution < 1.29 is 9.53 Å². The number of hydrogen-bond donors (Lipinski definition) is 1. The van der Waals surface area contributed by atoms with E-state index in [1.54, 1.807) is 0 Å². The van der Waals surface area contributed by atoms with Crippen LogP contribution in [0.2, 0.25) is 0 Å². The average Bonchev–Trinajstić information content (AvgIpc) is 2.38. The number of ether oxygens (including phenoxy) is 1. The normalized spacial score (nSPS) is 14.3. The molecule has 0 aromatic heterocycles. The Bertz CT molecular complexity index is 384. The summed E-state index contributed by atoms with van der Waals surface area (Å²) in [5, 5.41) is 0. The van der Waals surface area contributed by atoms with Crippen LogP contribution in [0.25, 0.3) is 0 Å². The largest absolute Gasteiger partial charge is 0.469 e. The summed E-state index contributed by atoms with van der Waals surface area (Å²) in [6.45, 7) is 6.09. The van der Waals surface area contributed by atoms with Crippen molar-refractivity contribution in [2.24, 2.45) is 17.6 Å². The zero-order valence-electron chi connectivity index (χ0n) is 11.6. The lowest BCUT2D eigenvalue weighted by Gasteiger charge is -2.25. The van der Waals surface area contributed by atoms with Crippen molar-refractivity contribution in [3.05, 3.63) is 35.4 Å². The highest BCUT2D eigenvalue weighted by atomic mass is 16.5. The Balaban J connectivity index is 2.94. The van der Waals surface area contributed by atoms with Gasteiger partial charge in [-0.15, -0.1) is 0 Å². The van der Waals surface area contributed by atoms with Gasteiger partial charge in [0.15, 0.2) is 0 Å². The number of carbonyl (C=O) groups is 1. The van der Waals surface area contributed by atoms with E-state index in [-0.39, 0.29) is 23.8 Å². The van der Waals surface area contributed by atoms with Crippen molar-refractivity contribution in [3.8, 4) is 0 Å². The van der Waals surface area contributed by atoms with E-state index in [9.17, 15) is 4.79 Å². The van der Waals surface area contributed by atoms with Crippen molar-refractivity contribution >= 4 is 5.97 Å². The maximum absolute atomic E-state index is 11.8. The van der Waals surface area contributed by atoms with E-state index in [1.807, 2.05) is 26.0 Å². The Kier molecular flexibility index (Phi) is 5.35. The van der Waals surface area contributed by atoms with Gasteiger partial charge in [0.1, 0.15) is 0 Å². The first kappa shape index (κ1) is 14.7. The van der Waals surface area contributed by atoms with Crippen LogP contribution >= 0.6 is 0 Å². The van der Waals surface area contributed by atoms with Crippen LogP contribution in [-0.4, -0.2) is 13.1 Å². The second kappa shape index (κ2) is 6.55. The molecule has 2 atom stereocenters. The molecule has 18 heavy (non-hydrogen) atoms. The highest BCUT2D eigenvalue weighted by Gasteiger charge is 2.30. The summed E-state index contributed by atoms with van der Waals surface area (Å²) in [5.74, 6) is -0.391. The number of benzene rings is 1. The molecule has 2 N–H and O–H groups in total. The fourth-order valence-electron chi connectivity index (χ4n) is 2.15. The lowest BCUT2D eigenvalue weighted by atomic mass is 9.85. The van der Waals surface area contributed by atoms with Crippen LogP contribution in [0.1, 0.15) is 37.9 Å². The highest BCUT2D eigenvalue weighted by Crippen LogP contribution is 2.27. The van der Waals surface area contributed by atoms with E-state index in [4.69, 9.17) is 10.5 Å². The predicted molar refractivity (Wildman–Crippen MR) is 73.1 cm³/mol. The standard InChI is InChI=1S/C15H23NO2/c1-5-11-6-8-12(9-7-11)14(16)13(10(2)3)15(17)18-4/h6-10,13-14H,5,16H2,1-4H3. The number of nitrogens with two attached hydrogens (primary N) is 1. The number of esters is 1. The van der Waals surface area contributed by atoms with Gasteiger partial charge in [-0.3, -0.25) is 4.79 Å². The number of methoxy groups -OCH3 is 1. The van der Waals surface area contributed by atoms with Crippen LogP contribution in [0.15, 0.2) is 24.3 Å². The van der Waals surface area contributed by atoms with E-state index in [2.05, 4.69) is 19.1 Å². The van der Waals surface area contributed by atoms with Crippen molar-refractivity contribution in [1.82, 2.24) is 0 Å². The lowest BCUT2D eigenvalue weighted by Crippen LogP contribution is -2.33. The second-order valence-electron chi connectivity index (χ2n) is 4.91. The monoisotopic (exact) mass is 249 g/mol. The van der Waals surface area contributed by atoms with Crippen molar-refractivity contribution in [1.29, 1.82) is 0 Å². The van der Waals surface area contributed by atoms with E-state index in [1.165, 1.54) is 12.7 Å². The maximum atomic E-state index is 11.8. The SMILES string of the molecule is CCc1ccc(C(N)C(C(=O)OC)C(C)C)cc1. The summed E-state index contributed by atoms with van der Waals surface area (Å²) in [6, 6.07) is 7.81. The van der Waals surface area contributed by atoms with Crippen LogP contribution in [-0.2, 0) is 16.0 Å². The van der Waals surface area contributed by atoms with E-state index >= 15 is 0 Å². The molecule has 3 nitrogen and oxygen atoms in total. The van der Waals surface area contributed by atoms with Crippen molar-refractivity contribution in [2.45, 2.75) is 33.2 Å². The molecule has 0 amide bonds. The molecule has 0 aliphatic rings. The Morgan fingerprint density at radius 3 is 2.22 bits per heavy atom. The average molecular weight is 249 g/mol. The molecule has 0 saturated carbocycles. The number of rotatable bonds is 5. The molecule has 0 saturated heterocycles. The molecular weight excluding hydrogens is 226 g/mol. The molecule has 1 aromatic carbocycles. The fraction of sp³-hybridized carbons (Fsp3) is 0.533. The van der Waals surface area contributed by atoms with E-state index in [0.717, 1.165) is 12.0 Å². The summed E-state index contributed by atoms with van der Waals surface area (Å²) >= 11 is 0. The third kappa shape index (κ3) is 3.33. The summed E-state index contributed by atoms with van der Waals surface area (Å²) in [6.07, 6.45) is 1.00. The quantitative estimate of drug-likeness (QED) is 0.816. The van der Waals surface area contributed by atoms with Crippen molar-refractivity contribution in [3.63, 3.8) is 0 Å². The Labute approximate surface area is 109 Å². The first-order chi connectivity index (χ1) is 8.51. The topological polar surface area (TPSA) is 52.3 Å². The zero-order chi connectivity index (χ0) is 13.7. The number of hydrogen-bond acceptors (Lipinski definition) is 3. The Morgan fingerprint density at radius 2 is 1.83 bits per heavy atom. The number of carbonyl (C=O) groups excluding carboxylic acids is 1. The molecule has 0 bridgehead atoms. The Morgan fingerprint density at radius 1 is 1.28 bits per heavy atom. The van der Waals surface area contributed by atoms with Crippen LogP contribution in [0, 0.1) is 11.8 Å². The molecule has 1 aromatic rings. The fourth-order valence-corrected chi connectivity index (χ4v) is 2.15. The molecule has 0 heterocycles. The van der Waals surface area contributed by atoms with Gasteiger partial charge in [0.25, 0.3) is 0 Å². The van der Waals surface area contributed by atoms with E-state index in [0.29, 0.717) is 0 Å². The molecule has 1 rings (SSSR count). The summed E-state index contributed by atoms with van der Waals surface area (Å²) < 4.78 is 4.84. The molecular formula is C15H23NO2. The van der Waals surface area contributed by atoms with Crippen LogP contribution in [0.3, 0.4) is 0 Å². The molecule has 0 aliphatic carbocycles. The molecule has 0 fully saturated rings. The van der Waals surface area contributed by atoms with Gasteiger partial charge in [0, 0.05) is 6.04 Å². The van der Waals surface area contributed by atoms with E-state index < -0.39 is 0 Å². The van der Waals surface area contributed by atoms with Crippen molar-refractivity contribution in [2.75, 3.05) is 7.11 Å². The smallest absolute Gasteiger partial charge is 0.310 e. The highest BCUT2D eigenvalue weighted by molar-refractivity contribution is 5.73. The van der Waals surface area contributed by atoms with Gasteiger partial charge in [-0.2, -0.15) is 0 Å². The lowest BCUT2D eigenvalue weighted by molar-refractivity contribution is -0.147. The molecule has 0 radical (unpaired) electrons. The second-order valence-corrected chi connectivity index (χ2v) is 4.91. The minimum atomic E-state index is -0.316. The zero-order valence-corrected chi connectivity index (χ0v) is 11.6. The van der Waals surface area contributed by atoms with Gasteiger partial charge in [-0.1, -0.05) is 45.0 Å². The number of aryl methyl sites for hydroxylation is 1. The molecule has 0 aliphatic heterocycles. The van der Waals surface area contributed by atoms with Gasteiger partial charge in [0.2, 0.25) is 0 Å². The summed E-state index contributed by atoms with van der Waals surface area (Å²) in [4.78, 5) is 11.8. The van der Waals surface area contributed by atoms with Crippen LogP contribution in [0.5, 0.6) is 0 Å². The van der Waals surface area contributed by atoms with Gasteiger partial charge >= 0.3 is 5.97 Å². The minimum absolute atomic E-state index is 0.151. The summed E-state index contributed by atoms with van der Waals surface area (Å²) in [5.41, 5.74) is 8.46. The molecule has 100 valence electrons. The predicted octanol–water partition coefficient (Wildman–Crippen LogP) is 2.69. The first-order valence-electron chi connectivity index (χ1n) is 6.43. The Hall–Kier alpha value is -1.35. The third-order valence-electron chi connectivity index (χ3n) is 3.35. The van der Waals surface area contributed by atoms with Crippen LogP contribution < -0.4 is 5.73 Å². The molecule has 2 unspecified atom stereocenters. The van der Waals surface area contributed by atoms with Gasteiger partial charge in [-0.05, 0) is 23.5 Å². The van der Waals surface area contributed by atoms with Gasteiger partial charge < -0.3 is 10.5 Å².